The Labute approximate surface area is 188 Å². The van der Waals surface area contributed by atoms with E-state index in [1.807, 2.05) is 44.2 Å². The molecular formula is C25H28ClN3O2. The zero-order valence-electron chi connectivity index (χ0n) is 18.3. The van der Waals surface area contributed by atoms with Crippen LogP contribution in [0.1, 0.15) is 29.9 Å². The first-order valence-electron chi connectivity index (χ1n) is 10.7. The van der Waals surface area contributed by atoms with Gasteiger partial charge in [-0.1, -0.05) is 23.7 Å². The number of nitrogens with zero attached hydrogens (tertiary/aromatic N) is 3. The third-order valence-electron chi connectivity index (χ3n) is 5.83. The van der Waals surface area contributed by atoms with Crippen molar-refractivity contribution >= 4 is 17.3 Å². The summed E-state index contributed by atoms with van der Waals surface area (Å²) in [4.78, 5) is 19.2. The standard InChI is InChI=1S/C25H28ClN3O2/c1-17-5-4-6-22(13-17)31-16-20-9-11-28(12-10-20)24-8-7-21(15-23(24)26)29-19(3)27-18(2)14-25(29)30/h4-8,13-15,20H,9-12,16H2,1-3H3. The molecule has 0 radical (unpaired) electrons. The predicted molar refractivity (Wildman–Crippen MR) is 126 cm³/mol. The van der Waals surface area contributed by atoms with E-state index in [0.717, 1.165) is 55.4 Å². The Kier molecular flexibility index (Phi) is 6.33. The van der Waals surface area contributed by atoms with Crippen LogP contribution in [0, 0.1) is 26.7 Å². The number of ether oxygens (including phenoxy) is 1. The molecule has 6 heteroatoms. The number of anilines is 1. The fraction of sp³-hybridized carbons (Fsp3) is 0.360. The highest BCUT2D eigenvalue weighted by Crippen LogP contribution is 2.31. The van der Waals surface area contributed by atoms with Gasteiger partial charge in [-0.25, -0.2) is 4.98 Å². The van der Waals surface area contributed by atoms with E-state index in [0.29, 0.717) is 16.8 Å². The molecule has 4 rings (SSSR count). The second-order valence-electron chi connectivity index (χ2n) is 8.31. The predicted octanol–water partition coefficient (Wildman–Crippen LogP) is 5.11. The molecule has 1 aliphatic rings. The Morgan fingerprint density at radius 3 is 2.52 bits per heavy atom. The summed E-state index contributed by atoms with van der Waals surface area (Å²) in [5, 5.41) is 0.652. The van der Waals surface area contributed by atoms with Gasteiger partial charge in [0, 0.05) is 24.8 Å². The first kappa shape index (κ1) is 21.4. The normalized spacial score (nSPS) is 14.6. The van der Waals surface area contributed by atoms with Crippen LogP contribution in [0.2, 0.25) is 5.02 Å². The Morgan fingerprint density at radius 1 is 1.06 bits per heavy atom. The molecular weight excluding hydrogens is 410 g/mol. The molecule has 1 fully saturated rings. The summed E-state index contributed by atoms with van der Waals surface area (Å²) < 4.78 is 7.60. The lowest BCUT2D eigenvalue weighted by Gasteiger charge is -2.34. The maximum atomic E-state index is 12.4. The largest absolute Gasteiger partial charge is 0.493 e. The van der Waals surface area contributed by atoms with Gasteiger partial charge in [0.15, 0.2) is 0 Å². The number of hydrogen-bond acceptors (Lipinski definition) is 4. The van der Waals surface area contributed by atoms with E-state index < -0.39 is 0 Å². The zero-order valence-corrected chi connectivity index (χ0v) is 19.0. The summed E-state index contributed by atoms with van der Waals surface area (Å²) in [7, 11) is 0. The van der Waals surface area contributed by atoms with Gasteiger partial charge in [0.25, 0.3) is 5.56 Å². The molecule has 2 heterocycles. The van der Waals surface area contributed by atoms with Crippen LogP contribution in [0.5, 0.6) is 5.75 Å². The highest BCUT2D eigenvalue weighted by atomic mass is 35.5. The van der Waals surface area contributed by atoms with Crippen molar-refractivity contribution in [2.45, 2.75) is 33.6 Å². The number of rotatable bonds is 5. The van der Waals surface area contributed by atoms with Gasteiger partial charge in [0.1, 0.15) is 11.6 Å². The molecule has 2 aromatic carbocycles. The fourth-order valence-corrected chi connectivity index (χ4v) is 4.50. The molecule has 0 unspecified atom stereocenters. The van der Waals surface area contributed by atoms with E-state index in [2.05, 4.69) is 28.9 Å². The zero-order chi connectivity index (χ0) is 22.0. The summed E-state index contributed by atoms with van der Waals surface area (Å²) in [6, 6.07) is 15.5. The van der Waals surface area contributed by atoms with Crippen molar-refractivity contribution in [1.82, 2.24) is 9.55 Å². The third-order valence-corrected chi connectivity index (χ3v) is 6.14. The summed E-state index contributed by atoms with van der Waals surface area (Å²) in [5.74, 6) is 2.13. The van der Waals surface area contributed by atoms with Gasteiger partial charge in [-0.2, -0.15) is 0 Å². The minimum absolute atomic E-state index is 0.0942. The highest BCUT2D eigenvalue weighted by Gasteiger charge is 2.22. The first-order chi connectivity index (χ1) is 14.9. The average molecular weight is 438 g/mol. The van der Waals surface area contributed by atoms with Gasteiger partial charge < -0.3 is 9.64 Å². The Morgan fingerprint density at radius 2 is 1.84 bits per heavy atom. The Balaban J connectivity index is 1.40. The maximum absolute atomic E-state index is 12.4. The van der Waals surface area contributed by atoms with Crippen LogP contribution >= 0.6 is 11.6 Å². The number of benzene rings is 2. The molecule has 0 bridgehead atoms. The summed E-state index contributed by atoms with van der Waals surface area (Å²) in [5.41, 5.74) is 3.59. The summed E-state index contributed by atoms with van der Waals surface area (Å²) in [6.45, 7) is 8.35. The van der Waals surface area contributed by atoms with Gasteiger partial charge in [-0.15, -0.1) is 0 Å². The molecule has 0 spiro atoms. The van der Waals surface area contributed by atoms with Crippen LogP contribution in [0.15, 0.2) is 53.3 Å². The smallest absolute Gasteiger partial charge is 0.258 e. The summed E-state index contributed by atoms with van der Waals surface area (Å²) in [6.07, 6.45) is 2.12. The van der Waals surface area contributed by atoms with Crippen molar-refractivity contribution in [3.63, 3.8) is 0 Å². The van der Waals surface area contributed by atoms with E-state index in [9.17, 15) is 4.79 Å². The molecule has 1 aromatic heterocycles. The second-order valence-corrected chi connectivity index (χ2v) is 8.72. The molecule has 0 atom stereocenters. The fourth-order valence-electron chi connectivity index (χ4n) is 4.21. The number of hydrogen-bond donors (Lipinski definition) is 0. The van der Waals surface area contributed by atoms with Crippen LogP contribution < -0.4 is 15.2 Å². The molecule has 5 nitrogen and oxygen atoms in total. The average Bonchev–Trinajstić information content (AvgIpc) is 2.72. The van der Waals surface area contributed by atoms with E-state index in [1.165, 1.54) is 5.56 Å². The topological polar surface area (TPSA) is 47.4 Å². The number of aromatic nitrogens is 2. The molecule has 0 aliphatic carbocycles. The van der Waals surface area contributed by atoms with E-state index >= 15 is 0 Å². The van der Waals surface area contributed by atoms with Gasteiger partial charge in [0.2, 0.25) is 0 Å². The van der Waals surface area contributed by atoms with E-state index in [4.69, 9.17) is 16.3 Å². The van der Waals surface area contributed by atoms with Crippen LogP contribution in [0.25, 0.3) is 5.69 Å². The lowest BCUT2D eigenvalue weighted by molar-refractivity contribution is 0.223. The molecule has 0 amide bonds. The van der Waals surface area contributed by atoms with Crippen molar-refractivity contribution in [2.75, 3.05) is 24.6 Å². The molecule has 0 saturated carbocycles. The lowest BCUT2D eigenvalue weighted by Crippen LogP contribution is -2.35. The van der Waals surface area contributed by atoms with Gasteiger partial charge >= 0.3 is 0 Å². The van der Waals surface area contributed by atoms with Gasteiger partial charge in [-0.3, -0.25) is 9.36 Å². The summed E-state index contributed by atoms with van der Waals surface area (Å²) >= 11 is 6.64. The minimum atomic E-state index is -0.0942. The van der Waals surface area contributed by atoms with Crippen LogP contribution in [0.3, 0.4) is 0 Å². The van der Waals surface area contributed by atoms with Crippen molar-refractivity contribution in [3.05, 3.63) is 81.0 Å². The first-order valence-corrected chi connectivity index (χ1v) is 11.1. The maximum Gasteiger partial charge on any atom is 0.258 e. The number of halogens is 1. The van der Waals surface area contributed by atoms with Gasteiger partial charge in [0.05, 0.1) is 23.0 Å². The van der Waals surface area contributed by atoms with Crippen LogP contribution in [-0.4, -0.2) is 29.2 Å². The quantitative estimate of drug-likeness (QED) is 0.556. The monoisotopic (exact) mass is 437 g/mol. The Hall–Kier alpha value is -2.79. The van der Waals surface area contributed by atoms with E-state index in [1.54, 1.807) is 10.6 Å². The van der Waals surface area contributed by atoms with Crippen LogP contribution in [-0.2, 0) is 0 Å². The molecule has 0 N–H and O–H groups in total. The van der Waals surface area contributed by atoms with E-state index in [-0.39, 0.29) is 5.56 Å². The molecule has 162 valence electrons. The highest BCUT2D eigenvalue weighted by molar-refractivity contribution is 6.33. The molecule has 31 heavy (non-hydrogen) atoms. The Bertz CT molecular complexity index is 1130. The van der Waals surface area contributed by atoms with Crippen molar-refractivity contribution < 1.29 is 4.74 Å². The number of aryl methyl sites for hydroxylation is 3. The molecule has 3 aromatic rings. The third kappa shape index (κ3) is 4.93. The SMILES string of the molecule is Cc1cccc(OCC2CCN(c3ccc(-n4c(C)nc(C)cc4=O)cc3Cl)CC2)c1. The van der Waals surface area contributed by atoms with Crippen LogP contribution in [0.4, 0.5) is 5.69 Å². The minimum Gasteiger partial charge on any atom is -0.493 e. The lowest BCUT2D eigenvalue weighted by atomic mass is 9.97. The van der Waals surface area contributed by atoms with Crippen molar-refractivity contribution in [2.24, 2.45) is 5.92 Å². The van der Waals surface area contributed by atoms with Gasteiger partial charge in [-0.05, 0) is 75.4 Å². The van der Waals surface area contributed by atoms with Crippen molar-refractivity contribution in [3.8, 4) is 11.4 Å². The second kappa shape index (κ2) is 9.15. The number of piperidine rings is 1. The molecule has 1 aliphatic heterocycles. The van der Waals surface area contributed by atoms with Crippen molar-refractivity contribution in [1.29, 1.82) is 0 Å². The molecule has 1 saturated heterocycles.